The lowest BCUT2D eigenvalue weighted by Crippen LogP contribution is -2.01. The minimum Gasteiger partial charge on any atom is -0.384 e. The molecular formula is C16H16Cl2O. The SMILES string of the molecule is CCCc1ccc(C(O)c2c(Cl)cccc2Cl)cc1. The maximum Gasteiger partial charge on any atom is 0.107 e. The highest BCUT2D eigenvalue weighted by Crippen LogP contribution is 2.33. The van der Waals surface area contributed by atoms with E-state index in [9.17, 15) is 5.11 Å². The maximum atomic E-state index is 10.4. The predicted molar refractivity (Wildman–Crippen MR) is 81.0 cm³/mol. The first-order chi connectivity index (χ1) is 9.13. The molecule has 19 heavy (non-hydrogen) atoms. The molecule has 0 saturated heterocycles. The number of aliphatic hydroxyl groups is 1. The largest absolute Gasteiger partial charge is 0.384 e. The van der Waals surface area contributed by atoms with Crippen molar-refractivity contribution >= 4 is 23.2 Å². The number of benzene rings is 2. The van der Waals surface area contributed by atoms with Crippen LogP contribution in [-0.4, -0.2) is 5.11 Å². The zero-order chi connectivity index (χ0) is 13.8. The average molecular weight is 295 g/mol. The Bertz CT molecular complexity index is 529. The summed E-state index contributed by atoms with van der Waals surface area (Å²) >= 11 is 12.2. The Labute approximate surface area is 123 Å². The Morgan fingerprint density at radius 1 is 1.00 bits per heavy atom. The van der Waals surface area contributed by atoms with Crippen LogP contribution in [0.5, 0.6) is 0 Å². The van der Waals surface area contributed by atoms with Gasteiger partial charge in [0.2, 0.25) is 0 Å². The summed E-state index contributed by atoms with van der Waals surface area (Å²) in [6.45, 7) is 2.15. The molecule has 2 aromatic rings. The molecule has 1 unspecified atom stereocenters. The number of aryl methyl sites for hydroxylation is 1. The van der Waals surface area contributed by atoms with Gasteiger partial charge < -0.3 is 5.11 Å². The molecule has 2 aromatic carbocycles. The summed E-state index contributed by atoms with van der Waals surface area (Å²) < 4.78 is 0. The van der Waals surface area contributed by atoms with E-state index in [4.69, 9.17) is 23.2 Å². The van der Waals surface area contributed by atoms with Gasteiger partial charge >= 0.3 is 0 Å². The molecule has 1 nitrogen and oxygen atoms in total. The van der Waals surface area contributed by atoms with Crippen molar-refractivity contribution in [2.75, 3.05) is 0 Å². The van der Waals surface area contributed by atoms with Crippen LogP contribution in [0.15, 0.2) is 42.5 Å². The van der Waals surface area contributed by atoms with Crippen LogP contribution in [-0.2, 0) is 6.42 Å². The smallest absolute Gasteiger partial charge is 0.107 e. The summed E-state index contributed by atoms with van der Waals surface area (Å²) in [5.74, 6) is 0. The monoisotopic (exact) mass is 294 g/mol. The van der Waals surface area contributed by atoms with Gasteiger partial charge in [0.25, 0.3) is 0 Å². The number of hydrogen-bond donors (Lipinski definition) is 1. The Balaban J connectivity index is 2.31. The van der Waals surface area contributed by atoms with Crippen LogP contribution in [0.2, 0.25) is 10.0 Å². The third-order valence-electron chi connectivity index (χ3n) is 3.11. The van der Waals surface area contributed by atoms with Gasteiger partial charge in [0.15, 0.2) is 0 Å². The van der Waals surface area contributed by atoms with Crippen LogP contribution >= 0.6 is 23.2 Å². The molecule has 0 aromatic heterocycles. The number of aliphatic hydroxyl groups excluding tert-OH is 1. The van der Waals surface area contributed by atoms with Crippen molar-refractivity contribution in [3.05, 3.63) is 69.2 Å². The van der Waals surface area contributed by atoms with Gasteiger partial charge in [-0.05, 0) is 29.7 Å². The van der Waals surface area contributed by atoms with Gasteiger partial charge in [-0.3, -0.25) is 0 Å². The molecule has 0 heterocycles. The second kappa shape index (κ2) is 6.42. The van der Waals surface area contributed by atoms with Crippen LogP contribution in [0.1, 0.15) is 36.1 Å². The zero-order valence-corrected chi connectivity index (χ0v) is 12.2. The summed E-state index contributed by atoms with van der Waals surface area (Å²) in [6.07, 6.45) is 1.36. The van der Waals surface area contributed by atoms with E-state index in [1.54, 1.807) is 18.2 Å². The fourth-order valence-corrected chi connectivity index (χ4v) is 2.70. The van der Waals surface area contributed by atoms with Gasteiger partial charge in [-0.15, -0.1) is 0 Å². The van der Waals surface area contributed by atoms with Crippen molar-refractivity contribution in [1.29, 1.82) is 0 Å². The maximum absolute atomic E-state index is 10.4. The van der Waals surface area contributed by atoms with E-state index in [0.717, 1.165) is 18.4 Å². The van der Waals surface area contributed by atoms with Crippen LogP contribution < -0.4 is 0 Å². The van der Waals surface area contributed by atoms with E-state index in [-0.39, 0.29) is 0 Å². The van der Waals surface area contributed by atoms with E-state index in [2.05, 4.69) is 6.92 Å². The Hall–Kier alpha value is -1.02. The molecule has 0 aliphatic carbocycles. The highest BCUT2D eigenvalue weighted by atomic mass is 35.5. The minimum absolute atomic E-state index is 0.484. The molecule has 0 aliphatic rings. The zero-order valence-electron chi connectivity index (χ0n) is 10.7. The summed E-state index contributed by atoms with van der Waals surface area (Å²) in [6, 6.07) is 13.2. The highest BCUT2D eigenvalue weighted by molar-refractivity contribution is 6.36. The molecule has 3 heteroatoms. The lowest BCUT2D eigenvalue weighted by molar-refractivity contribution is 0.220. The van der Waals surface area contributed by atoms with Crippen molar-refractivity contribution in [1.82, 2.24) is 0 Å². The lowest BCUT2D eigenvalue weighted by Gasteiger charge is -2.15. The lowest BCUT2D eigenvalue weighted by atomic mass is 9.99. The molecule has 1 atom stereocenters. The van der Waals surface area contributed by atoms with Gasteiger partial charge in [-0.1, -0.05) is 66.9 Å². The molecule has 2 rings (SSSR count). The van der Waals surface area contributed by atoms with Gasteiger partial charge in [0.1, 0.15) is 6.10 Å². The van der Waals surface area contributed by atoms with Crippen LogP contribution in [0, 0.1) is 0 Å². The fraction of sp³-hybridized carbons (Fsp3) is 0.250. The first-order valence-corrected chi connectivity index (χ1v) is 7.10. The van der Waals surface area contributed by atoms with Crippen molar-refractivity contribution in [3.63, 3.8) is 0 Å². The summed E-state index contributed by atoms with van der Waals surface area (Å²) in [5, 5.41) is 11.4. The normalized spacial score (nSPS) is 12.4. The number of rotatable bonds is 4. The standard InChI is InChI=1S/C16H16Cl2O/c1-2-4-11-7-9-12(10-8-11)16(19)15-13(17)5-3-6-14(15)18/h3,5-10,16,19H,2,4H2,1H3. The molecule has 100 valence electrons. The molecule has 1 N–H and O–H groups in total. The molecule has 0 saturated carbocycles. The van der Waals surface area contributed by atoms with E-state index in [1.165, 1.54) is 5.56 Å². The van der Waals surface area contributed by atoms with Crippen molar-refractivity contribution < 1.29 is 5.11 Å². The highest BCUT2D eigenvalue weighted by Gasteiger charge is 2.17. The second-order valence-corrected chi connectivity index (χ2v) is 5.34. The fourth-order valence-electron chi connectivity index (χ4n) is 2.09. The first-order valence-electron chi connectivity index (χ1n) is 6.34. The topological polar surface area (TPSA) is 20.2 Å². The molecular weight excluding hydrogens is 279 g/mol. The summed E-state index contributed by atoms with van der Waals surface area (Å²) in [7, 11) is 0. The Morgan fingerprint density at radius 3 is 2.11 bits per heavy atom. The first kappa shape index (κ1) is 14.4. The number of halogens is 2. The van der Waals surface area contributed by atoms with Gasteiger partial charge in [-0.2, -0.15) is 0 Å². The van der Waals surface area contributed by atoms with Gasteiger partial charge in [0.05, 0.1) is 0 Å². The molecule has 0 radical (unpaired) electrons. The Kier molecular flexibility index (Phi) is 4.87. The minimum atomic E-state index is -0.795. The predicted octanol–water partition coefficient (Wildman–Crippen LogP) is 5.03. The van der Waals surface area contributed by atoms with Gasteiger partial charge in [0, 0.05) is 15.6 Å². The number of hydrogen-bond acceptors (Lipinski definition) is 1. The van der Waals surface area contributed by atoms with Crippen molar-refractivity contribution in [3.8, 4) is 0 Å². The average Bonchev–Trinajstić information content (AvgIpc) is 2.39. The third-order valence-corrected chi connectivity index (χ3v) is 3.77. The van der Waals surface area contributed by atoms with E-state index in [1.807, 2.05) is 24.3 Å². The van der Waals surface area contributed by atoms with E-state index >= 15 is 0 Å². The molecule has 0 aliphatic heterocycles. The van der Waals surface area contributed by atoms with Crippen LogP contribution in [0.4, 0.5) is 0 Å². The third kappa shape index (κ3) is 3.30. The van der Waals surface area contributed by atoms with Gasteiger partial charge in [-0.25, -0.2) is 0 Å². The molecule has 0 fully saturated rings. The quantitative estimate of drug-likeness (QED) is 0.839. The molecule has 0 bridgehead atoms. The van der Waals surface area contributed by atoms with Crippen LogP contribution in [0.3, 0.4) is 0 Å². The second-order valence-electron chi connectivity index (χ2n) is 4.53. The summed E-state index contributed by atoms with van der Waals surface area (Å²) in [5.41, 5.74) is 2.63. The molecule has 0 amide bonds. The molecule has 0 spiro atoms. The van der Waals surface area contributed by atoms with Crippen LogP contribution in [0.25, 0.3) is 0 Å². The van der Waals surface area contributed by atoms with E-state index in [0.29, 0.717) is 15.6 Å². The summed E-state index contributed by atoms with van der Waals surface area (Å²) in [4.78, 5) is 0. The van der Waals surface area contributed by atoms with E-state index < -0.39 is 6.10 Å². The Morgan fingerprint density at radius 2 is 1.58 bits per heavy atom. The van der Waals surface area contributed by atoms with Crippen molar-refractivity contribution in [2.45, 2.75) is 25.9 Å². The van der Waals surface area contributed by atoms with Crippen molar-refractivity contribution in [2.24, 2.45) is 0 Å².